The van der Waals surface area contributed by atoms with Crippen LogP contribution in [0.1, 0.15) is 5.89 Å². The predicted molar refractivity (Wildman–Crippen MR) is 57.5 cm³/mol. The second-order valence-electron chi connectivity index (χ2n) is 2.84. The topological polar surface area (TPSA) is 52.0 Å². The van der Waals surface area contributed by atoms with Crippen LogP contribution >= 0.6 is 15.9 Å². The second kappa shape index (κ2) is 3.94. The first-order valence-corrected chi connectivity index (χ1v) is 4.99. The van der Waals surface area contributed by atoms with Crippen molar-refractivity contribution in [2.45, 2.75) is 6.54 Å². The average Bonchev–Trinajstić information content (AvgIpc) is 2.67. The van der Waals surface area contributed by atoms with Crippen molar-refractivity contribution in [2.75, 3.05) is 0 Å². The van der Waals surface area contributed by atoms with Gasteiger partial charge < -0.3 is 10.2 Å². The van der Waals surface area contributed by atoms with Crippen LogP contribution < -0.4 is 5.73 Å². The number of hydrogen-bond acceptors (Lipinski definition) is 3. The first-order chi connectivity index (χ1) is 6.79. The molecule has 0 aliphatic carbocycles. The minimum atomic E-state index is 0.330. The normalized spacial score (nSPS) is 10.4. The fraction of sp³-hybridized carbons (Fsp3) is 0.100. The minimum absolute atomic E-state index is 0.330. The van der Waals surface area contributed by atoms with E-state index >= 15 is 0 Å². The molecule has 1 aromatic carbocycles. The summed E-state index contributed by atoms with van der Waals surface area (Å²) in [5.74, 6) is 0.558. The van der Waals surface area contributed by atoms with E-state index in [2.05, 4.69) is 20.9 Å². The van der Waals surface area contributed by atoms with Gasteiger partial charge in [0, 0.05) is 10.0 Å². The van der Waals surface area contributed by atoms with Crippen molar-refractivity contribution >= 4 is 15.9 Å². The quantitative estimate of drug-likeness (QED) is 0.894. The van der Waals surface area contributed by atoms with E-state index in [1.807, 2.05) is 24.3 Å². The van der Waals surface area contributed by atoms with Gasteiger partial charge >= 0.3 is 0 Å². The highest BCUT2D eigenvalue weighted by molar-refractivity contribution is 9.10. The molecule has 0 saturated heterocycles. The Morgan fingerprint density at radius 3 is 2.57 bits per heavy atom. The van der Waals surface area contributed by atoms with Crippen LogP contribution in [-0.2, 0) is 6.54 Å². The van der Waals surface area contributed by atoms with E-state index in [1.54, 1.807) is 6.26 Å². The van der Waals surface area contributed by atoms with Gasteiger partial charge in [-0.15, -0.1) is 0 Å². The van der Waals surface area contributed by atoms with Crippen molar-refractivity contribution in [3.63, 3.8) is 0 Å². The van der Waals surface area contributed by atoms with E-state index in [-0.39, 0.29) is 0 Å². The van der Waals surface area contributed by atoms with E-state index in [1.165, 1.54) is 0 Å². The lowest BCUT2D eigenvalue weighted by Gasteiger charge is -1.94. The van der Waals surface area contributed by atoms with Gasteiger partial charge in [-0.2, -0.15) is 0 Å². The zero-order valence-corrected chi connectivity index (χ0v) is 8.99. The van der Waals surface area contributed by atoms with E-state index in [9.17, 15) is 0 Å². The molecule has 0 amide bonds. The maximum Gasteiger partial charge on any atom is 0.208 e. The van der Waals surface area contributed by atoms with Crippen molar-refractivity contribution in [1.29, 1.82) is 0 Å². The summed E-state index contributed by atoms with van der Waals surface area (Å²) in [6.07, 6.45) is 1.62. The van der Waals surface area contributed by atoms with Crippen LogP contribution in [0.25, 0.3) is 11.3 Å². The molecule has 0 saturated carbocycles. The summed E-state index contributed by atoms with van der Waals surface area (Å²) in [6.45, 7) is 0.330. The lowest BCUT2D eigenvalue weighted by Crippen LogP contribution is -1.95. The van der Waals surface area contributed by atoms with E-state index in [0.717, 1.165) is 15.7 Å². The molecule has 2 N–H and O–H groups in total. The fourth-order valence-electron chi connectivity index (χ4n) is 1.16. The molecule has 4 heteroatoms. The summed E-state index contributed by atoms with van der Waals surface area (Å²) in [5, 5.41) is 0. The highest BCUT2D eigenvalue weighted by Gasteiger charge is 2.03. The lowest BCUT2D eigenvalue weighted by atomic mass is 10.2. The second-order valence-corrected chi connectivity index (χ2v) is 3.75. The first kappa shape index (κ1) is 9.43. The average molecular weight is 253 g/mol. The third kappa shape index (κ3) is 1.86. The van der Waals surface area contributed by atoms with Gasteiger partial charge in [0.15, 0.2) is 0 Å². The number of hydrogen-bond donors (Lipinski definition) is 1. The number of nitrogens with zero attached hydrogens (tertiary/aromatic N) is 1. The highest BCUT2D eigenvalue weighted by atomic mass is 79.9. The Morgan fingerprint density at radius 2 is 2.00 bits per heavy atom. The standard InChI is InChI=1S/C10H9BrN2O/c11-8-3-1-7(2-4-8)9-6-14-10(5-12)13-9/h1-4,6H,5,12H2. The number of nitrogens with two attached hydrogens (primary N) is 1. The van der Waals surface area contributed by atoms with E-state index in [4.69, 9.17) is 10.2 Å². The van der Waals surface area contributed by atoms with Gasteiger partial charge in [-0.25, -0.2) is 4.98 Å². The molecule has 1 heterocycles. The van der Waals surface area contributed by atoms with Crippen LogP contribution in [0.4, 0.5) is 0 Å². The van der Waals surface area contributed by atoms with Crippen molar-refractivity contribution < 1.29 is 4.42 Å². The molecule has 14 heavy (non-hydrogen) atoms. The van der Waals surface area contributed by atoms with Crippen molar-refractivity contribution in [3.8, 4) is 11.3 Å². The number of benzene rings is 1. The summed E-state index contributed by atoms with van der Waals surface area (Å²) in [5.41, 5.74) is 7.24. The lowest BCUT2D eigenvalue weighted by molar-refractivity contribution is 0.498. The zero-order chi connectivity index (χ0) is 9.97. The molecular weight excluding hydrogens is 244 g/mol. The Morgan fingerprint density at radius 1 is 1.29 bits per heavy atom. The monoisotopic (exact) mass is 252 g/mol. The molecule has 3 nitrogen and oxygen atoms in total. The molecule has 0 unspecified atom stereocenters. The summed E-state index contributed by atoms with van der Waals surface area (Å²) in [6, 6.07) is 7.88. The van der Waals surface area contributed by atoms with Crippen LogP contribution in [0.15, 0.2) is 39.4 Å². The number of halogens is 1. The maximum absolute atomic E-state index is 5.40. The van der Waals surface area contributed by atoms with Gasteiger partial charge in [0.05, 0.1) is 6.54 Å². The molecule has 0 atom stereocenters. The maximum atomic E-state index is 5.40. The molecule has 72 valence electrons. The molecule has 2 rings (SSSR count). The third-order valence-electron chi connectivity index (χ3n) is 1.87. The SMILES string of the molecule is NCc1nc(-c2ccc(Br)cc2)co1. The summed E-state index contributed by atoms with van der Waals surface area (Å²) in [7, 11) is 0. The smallest absolute Gasteiger partial charge is 0.208 e. The van der Waals surface area contributed by atoms with Crippen LogP contribution in [-0.4, -0.2) is 4.98 Å². The predicted octanol–water partition coefficient (Wildman–Crippen LogP) is 2.56. The molecule has 0 fully saturated rings. The summed E-state index contributed by atoms with van der Waals surface area (Å²) >= 11 is 3.37. The highest BCUT2D eigenvalue weighted by Crippen LogP contribution is 2.20. The van der Waals surface area contributed by atoms with Crippen LogP contribution in [0.5, 0.6) is 0 Å². The van der Waals surface area contributed by atoms with Crippen molar-refractivity contribution in [1.82, 2.24) is 4.98 Å². The van der Waals surface area contributed by atoms with Gasteiger partial charge in [0.25, 0.3) is 0 Å². The Balaban J connectivity index is 2.34. The minimum Gasteiger partial charge on any atom is -0.447 e. The largest absolute Gasteiger partial charge is 0.447 e. The van der Waals surface area contributed by atoms with Gasteiger partial charge in [-0.3, -0.25) is 0 Å². The molecule has 0 aliphatic rings. The van der Waals surface area contributed by atoms with Crippen LogP contribution in [0.2, 0.25) is 0 Å². The van der Waals surface area contributed by atoms with Gasteiger partial charge in [0.2, 0.25) is 5.89 Å². The third-order valence-corrected chi connectivity index (χ3v) is 2.40. The van der Waals surface area contributed by atoms with Crippen LogP contribution in [0, 0.1) is 0 Å². The number of oxazole rings is 1. The number of rotatable bonds is 2. The van der Waals surface area contributed by atoms with Gasteiger partial charge in [-0.05, 0) is 12.1 Å². The van der Waals surface area contributed by atoms with E-state index in [0.29, 0.717) is 12.4 Å². The molecule has 1 aromatic heterocycles. The molecule has 0 spiro atoms. The summed E-state index contributed by atoms with van der Waals surface area (Å²) < 4.78 is 6.20. The summed E-state index contributed by atoms with van der Waals surface area (Å²) in [4.78, 5) is 4.22. The first-order valence-electron chi connectivity index (χ1n) is 4.20. The fourth-order valence-corrected chi connectivity index (χ4v) is 1.42. The number of aromatic nitrogens is 1. The van der Waals surface area contributed by atoms with Gasteiger partial charge in [0.1, 0.15) is 12.0 Å². The van der Waals surface area contributed by atoms with E-state index < -0.39 is 0 Å². The van der Waals surface area contributed by atoms with Crippen molar-refractivity contribution in [2.24, 2.45) is 5.73 Å². The van der Waals surface area contributed by atoms with Gasteiger partial charge in [-0.1, -0.05) is 28.1 Å². The molecule has 2 aromatic rings. The molecule has 0 aliphatic heterocycles. The molecule has 0 bridgehead atoms. The Hall–Kier alpha value is -1.13. The van der Waals surface area contributed by atoms with Crippen LogP contribution in [0.3, 0.4) is 0 Å². The Bertz CT molecular complexity index is 422. The van der Waals surface area contributed by atoms with Crippen molar-refractivity contribution in [3.05, 3.63) is 40.9 Å². The molecule has 0 radical (unpaired) electrons. The molecular formula is C10H9BrN2O. The Kier molecular flexibility index (Phi) is 2.65. The Labute approximate surface area is 90.1 Å². The zero-order valence-electron chi connectivity index (χ0n) is 7.40.